The first-order chi connectivity index (χ1) is 8.93. The third-order valence-corrected chi connectivity index (χ3v) is 3.36. The molecule has 1 saturated carbocycles. The van der Waals surface area contributed by atoms with Gasteiger partial charge in [-0.3, -0.25) is 0 Å². The van der Waals surface area contributed by atoms with Crippen LogP contribution in [0.1, 0.15) is 26.1 Å². The van der Waals surface area contributed by atoms with E-state index in [0.717, 1.165) is 17.5 Å². The predicted octanol–water partition coefficient (Wildman–Crippen LogP) is 0.00300. The maximum Gasteiger partial charge on any atom is 0.219 e. The first kappa shape index (κ1) is 14.4. The Kier molecular flexibility index (Phi) is 4.19. The maximum absolute atomic E-state index is 13.8. The maximum atomic E-state index is 13.8. The van der Waals surface area contributed by atoms with Gasteiger partial charge in [0.15, 0.2) is 0 Å². The minimum atomic E-state index is -1.92. The highest BCUT2D eigenvalue weighted by molar-refractivity contribution is 4.91. The molecule has 3 N–H and O–H groups in total. The molecule has 1 heterocycles. The molecular weight excluding hydrogens is 255 g/mol. The number of rotatable bonds is 7. The van der Waals surface area contributed by atoms with Crippen molar-refractivity contribution in [3.63, 3.8) is 0 Å². The largest absolute Gasteiger partial charge is 0.388 e. The number of hydrogen-bond acceptors (Lipinski definition) is 5. The van der Waals surface area contributed by atoms with Gasteiger partial charge >= 0.3 is 0 Å². The molecule has 3 unspecified atom stereocenters. The summed E-state index contributed by atoms with van der Waals surface area (Å²) in [6.45, 7) is 1.75. The average molecular weight is 274 g/mol. The fraction of sp³-hybridized carbons (Fsp3) is 0.750. The Morgan fingerprint density at radius 2 is 2.05 bits per heavy atom. The number of aromatic nitrogens is 2. The van der Waals surface area contributed by atoms with Gasteiger partial charge < -0.3 is 20.1 Å². The highest BCUT2D eigenvalue weighted by Gasteiger charge is 2.40. The molecule has 7 heteroatoms. The van der Waals surface area contributed by atoms with Gasteiger partial charge in [-0.05, 0) is 25.8 Å². The van der Waals surface area contributed by atoms with Crippen LogP contribution in [0.3, 0.4) is 0 Å². The molecule has 1 aromatic rings. The van der Waals surface area contributed by atoms with E-state index in [0.29, 0.717) is 0 Å². The van der Waals surface area contributed by atoms with Crippen molar-refractivity contribution in [2.75, 3.05) is 6.61 Å². The minimum Gasteiger partial charge on any atom is -0.388 e. The molecule has 0 amide bonds. The van der Waals surface area contributed by atoms with Crippen LogP contribution < -0.4 is 0 Å². The van der Waals surface area contributed by atoms with E-state index in [4.69, 9.17) is 4.74 Å². The topological polar surface area (TPSA) is 87.7 Å². The summed E-state index contributed by atoms with van der Waals surface area (Å²) in [5.41, 5.74) is -0.247. The van der Waals surface area contributed by atoms with Gasteiger partial charge in [-0.25, -0.2) is 9.07 Å². The summed E-state index contributed by atoms with van der Waals surface area (Å²) in [4.78, 5) is 0. The Bertz CT molecular complexity index is 396. The molecule has 0 aliphatic heterocycles. The molecule has 0 spiro atoms. The molecule has 6 nitrogen and oxygen atoms in total. The van der Waals surface area contributed by atoms with E-state index in [2.05, 4.69) is 5.10 Å². The molecule has 2 rings (SSSR count). The van der Waals surface area contributed by atoms with Crippen LogP contribution in [0.4, 0.5) is 4.39 Å². The number of aliphatic hydroxyl groups is 3. The van der Waals surface area contributed by atoms with Gasteiger partial charge in [-0.15, -0.1) is 0 Å². The van der Waals surface area contributed by atoms with Crippen molar-refractivity contribution >= 4 is 0 Å². The van der Waals surface area contributed by atoms with E-state index in [-0.39, 0.29) is 12.2 Å². The Hall–Kier alpha value is -1.02. The van der Waals surface area contributed by atoms with Crippen molar-refractivity contribution in [2.24, 2.45) is 0 Å². The highest BCUT2D eigenvalue weighted by Crippen LogP contribution is 2.38. The molecule has 0 saturated heterocycles. The first-order valence-corrected chi connectivity index (χ1v) is 6.24. The minimum absolute atomic E-state index is 0.138. The van der Waals surface area contributed by atoms with E-state index in [1.165, 1.54) is 18.5 Å². The summed E-state index contributed by atoms with van der Waals surface area (Å²) < 4.78 is 20.1. The van der Waals surface area contributed by atoms with Crippen molar-refractivity contribution in [1.29, 1.82) is 0 Å². The molecule has 0 bridgehead atoms. The van der Waals surface area contributed by atoms with Crippen molar-refractivity contribution in [3.05, 3.63) is 18.5 Å². The molecule has 0 aromatic carbocycles. The number of nitrogens with zero attached hydrogens (tertiary/aromatic N) is 2. The van der Waals surface area contributed by atoms with Crippen LogP contribution in [-0.4, -0.2) is 55.6 Å². The van der Waals surface area contributed by atoms with Gasteiger partial charge in [0.05, 0.1) is 12.2 Å². The summed E-state index contributed by atoms with van der Waals surface area (Å²) in [6.07, 6.45) is -2.19. The fourth-order valence-corrected chi connectivity index (χ4v) is 1.68. The van der Waals surface area contributed by atoms with Crippen molar-refractivity contribution in [3.8, 4) is 0 Å². The number of alkyl halides is 1. The summed E-state index contributed by atoms with van der Waals surface area (Å²) >= 11 is 0. The highest BCUT2D eigenvalue weighted by atomic mass is 19.1. The predicted molar refractivity (Wildman–Crippen MR) is 64.0 cm³/mol. The molecule has 19 heavy (non-hydrogen) atoms. The Labute approximate surface area is 110 Å². The monoisotopic (exact) mass is 274 g/mol. The van der Waals surface area contributed by atoms with Gasteiger partial charge in [0.1, 0.15) is 18.3 Å². The van der Waals surface area contributed by atoms with Gasteiger partial charge in [0, 0.05) is 12.4 Å². The number of hydrogen-bond donors (Lipinski definition) is 3. The van der Waals surface area contributed by atoms with Crippen molar-refractivity contribution in [1.82, 2.24) is 9.78 Å². The number of aliphatic hydroxyl groups excluding tert-OH is 3. The van der Waals surface area contributed by atoms with Crippen LogP contribution >= 0.6 is 0 Å². The zero-order valence-corrected chi connectivity index (χ0v) is 10.7. The zero-order valence-electron chi connectivity index (χ0n) is 10.7. The molecule has 108 valence electrons. The van der Waals surface area contributed by atoms with Crippen LogP contribution in [0.2, 0.25) is 0 Å². The summed E-state index contributed by atoms with van der Waals surface area (Å²) in [6, 6.07) is 1.50. The standard InChI is InChI=1S/C12H19FN2O4/c1-12(3-4-12)19-7-8(16)9(17)10(18)11(13)15-6-2-5-14-15/h2,5-6,8-11,16-18H,3-4,7H2,1H3/t8?,9-,10?,11?/m1/s1. The van der Waals surface area contributed by atoms with Crippen LogP contribution in [0, 0.1) is 0 Å². The third-order valence-electron chi connectivity index (χ3n) is 3.36. The molecule has 0 radical (unpaired) electrons. The molecule has 1 aliphatic rings. The van der Waals surface area contributed by atoms with Crippen LogP contribution in [0.25, 0.3) is 0 Å². The SMILES string of the molecule is CC1(OCC(O)[C@@H](O)C(O)C(F)n2cccn2)CC1. The second-order valence-electron chi connectivity index (χ2n) is 5.17. The second-order valence-corrected chi connectivity index (χ2v) is 5.17. The molecule has 4 atom stereocenters. The van der Waals surface area contributed by atoms with Crippen molar-refractivity contribution < 1.29 is 24.4 Å². The van der Waals surface area contributed by atoms with Gasteiger partial charge in [-0.2, -0.15) is 5.10 Å². The molecule has 1 aromatic heterocycles. The summed E-state index contributed by atoms with van der Waals surface area (Å²) in [5.74, 6) is 0. The number of halogens is 1. The summed E-state index contributed by atoms with van der Waals surface area (Å²) in [5, 5.41) is 32.7. The first-order valence-electron chi connectivity index (χ1n) is 6.24. The van der Waals surface area contributed by atoms with Gasteiger partial charge in [0.25, 0.3) is 0 Å². The quantitative estimate of drug-likeness (QED) is 0.651. The Balaban J connectivity index is 1.85. The summed E-state index contributed by atoms with van der Waals surface area (Å²) in [7, 11) is 0. The van der Waals surface area contributed by atoms with Crippen LogP contribution in [0.15, 0.2) is 18.5 Å². The lowest BCUT2D eigenvalue weighted by Crippen LogP contribution is -2.44. The Morgan fingerprint density at radius 1 is 1.37 bits per heavy atom. The fourth-order valence-electron chi connectivity index (χ4n) is 1.68. The van der Waals surface area contributed by atoms with Crippen LogP contribution in [-0.2, 0) is 4.74 Å². The van der Waals surface area contributed by atoms with Gasteiger partial charge in [-0.1, -0.05) is 0 Å². The lowest BCUT2D eigenvalue weighted by molar-refractivity contribution is -0.130. The second kappa shape index (κ2) is 5.54. The van der Waals surface area contributed by atoms with Gasteiger partial charge in [0.2, 0.25) is 6.30 Å². The van der Waals surface area contributed by atoms with E-state index in [1.807, 2.05) is 6.92 Å². The molecule has 1 aliphatic carbocycles. The number of ether oxygens (including phenoxy) is 1. The van der Waals surface area contributed by atoms with E-state index >= 15 is 0 Å². The normalized spacial score (nSPS) is 23.6. The lowest BCUT2D eigenvalue weighted by atomic mass is 10.1. The van der Waals surface area contributed by atoms with Crippen molar-refractivity contribution in [2.45, 2.75) is 50.0 Å². The molecule has 1 fully saturated rings. The molecular formula is C12H19FN2O4. The van der Waals surface area contributed by atoms with E-state index in [9.17, 15) is 19.7 Å². The Morgan fingerprint density at radius 3 is 2.58 bits per heavy atom. The smallest absolute Gasteiger partial charge is 0.219 e. The zero-order chi connectivity index (χ0) is 14.0. The average Bonchev–Trinajstić information content (AvgIpc) is 2.93. The lowest BCUT2D eigenvalue weighted by Gasteiger charge is -2.26. The van der Waals surface area contributed by atoms with E-state index in [1.54, 1.807) is 0 Å². The van der Waals surface area contributed by atoms with E-state index < -0.39 is 24.6 Å². The van der Waals surface area contributed by atoms with Crippen LogP contribution in [0.5, 0.6) is 0 Å². The third kappa shape index (κ3) is 3.50.